The van der Waals surface area contributed by atoms with E-state index in [0.29, 0.717) is 19.0 Å². The van der Waals surface area contributed by atoms with Crippen molar-refractivity contribution in [3.63, 3.8) is 0 Å². The monoisotopic (exact) mass is 429 g/mol. The van der Waals surface area contributed by atoms with Crippen LogP contribution in [0.3, 0.4) is 0 Å². The first kappa shape index (κ1) is 19.4. The summed E-state index contributed by atoms with van der Waals surface area (Å²) in [4.78, 5) is 25.9. The first-order valence-corrected chi connectivity index (χ1v) is 9.90. The number of nitrogens with one attached hydrogen (secondary N) is 2. The SMILES string of the molecule is CN(Cc1ccccc1)C(=O)CCNC(=O)NC1CC1c1ccccc1Br. The van der Waals surface area contributed by atoms with Crippen molar-refractivity contribution in [3.8, 4) is 0 Å². The predicted octanol–water partition coefficient (Wildman–Crippen LogP) is 3.65. The Bertz CT molecular complexity index is 797. The maximum atomic E-state index is 12.2. The summed E-state index contributed by atoms with van der Waals surface area (Å²) in [7, 11) is 1.78. The van der Waals surface area contributed by atoms with E-state index in [2.05, 4.69) is 32.6 Å². The Kier molecular flexibility index (Phi) is 6.50. The van der Waals surface area contributed by atoms with Crippen LogP contribution in [0.15, 0.2) is 59.1 Å². The summed E-state index contributed by atoms with van der Waals surface area (Å²) in [5.74, 6) is 0.363. The second kappa shape index (κ2) is 9.04. The van der Waals surface area contributed by atoms with Crippen LogP contribution in [0.4, 0.5) is 4.79 Å². The van der Waals surface area contributed by atoms with Crippen molar-refractivity contribution in [1.82, 2.24) is 15.5 Å². The van der Waals surface area contributed by atoms with Crippen molar-refractivity contribution in [1.29, 1.82) is 0 Å². The fourth-order valence-electron chi connectivity index (χ4n) is 3.11. The molecule has 2 aromatic carbocycles. The fourth-order valence-corrected chi connectivity index (χ4v) is 3.69. The first-order valence-electron chi connectivity index (χ1n) is 9.11. The van der Waals surface area contributed by atoms with Crippen LogP contribution in [-0.2, 0) is 11.3 Å². The molecule has 0 radical (unpaired) electrons. The smallest absolute Gasteiger partial charge is 0.315 e. The van der Waals surface area contributed by atoms with Crippen molar-refractivity contribution in [2.45, 2.75) is 31.3 Å². The van der Waals surface area contributed by atoms with Gasteiger partial charge in [0.2, 0.25) is 5.91 Å². The number of urea groups is 1. The average Bonchev–Trinajstić information content (AvgIpc) is 3.41. The summed E-state index contributed by atoms with van der Waals surface area (Å²) in [5.41, 5.74) is 2.31. The number of amides is 3. The lowest BCUT2D eigenvalue weighted by molar-refractivity contribution is -0.130. The molecule has 2 unspecified atom stereocenters. The molecule has 27 heavy (non-hydrogen) atoms. The number of halogens is 1. The zero-order valence-electron chi connectivity index (χ0n) is 15.3. The Balaban J connectivity index is 1.35. The molecule has 0 heterocycles. The van der Waals surface area contributed by atoms with Crippen LogP contribution >= 0.6 is 15.9 Å². The molecule has 0 aliphatic heterocycles. The highest BCUT2D eigenvalue weighted by Gasteiger charge is 2.40. The highest BCUT2D eigenvalue weighted by molar-refractivity contribution is 9.10. The summed E-state index contributed by atoms with van der Waals surface area (Å²) in [6.45, 7) is 0.901. The molecule has 1 aliphatic carbocycles. The Morgan fingerprint density at radius 2 is 1.81 bits per heavy atom. The zero-order valence-corrected chi connectivity index (χ0v) is 16.9. The molecule has 0 spiro atoms. The number of carbonyl (C=O) groups is 2. The van der Waals surface area contributed by atoms with Crippen LogP contribution in [0.2, 0.25) is 0 Å². The molecule has 0 bridgehead atoms. The molecule has 5 nitrogen and oxygen atoms in total. The van der Waals surface area contributed by atoms with Crippen LogP contribution in [0.1, 0.15) is 29.9 Å². The Labute approximate surface area is 168 Å². The molecule has 2 atom stereocenters. The van der Waals surface area contributed by atoms with E-state index in [1.54, 1.807) is 11.9 Å². The Morgan fingerprint density at radius 1 is 1.11 bits per heavy atom. The van der Waals surface area contributed by atoms with Gasteiger partial charge in [-0.2, -0.15) is 0 Å². The summed E-state index contributed by atoms with van der Waals surface area (Å²) < 4.78 is 1.08. The van der Waals surface area contributed by atoms with Gasteiger partial charge in [-0.3, -0.25) is 4.79 Å². The summed E-state index contributed by atoms with van der Waals surface area (Å²) in [5, 5.41) is 5.76. The molecule has 6 heteroatoms. The van der Waals surface area contributed by atoms with Gasteiger partial charge in [0.05, 0.1) is 0 Å². The van der Waals surface area contributed by atoms with Gasteiger partial charge in [0.25, 0.3) is 0 Å². The highest BCUT2D eigenvalue weighted by Crippen LogP contribution is 2.43. The number of hydrogen-bond donors (Lipinski definition) is 2. The molecule has 1 fully saturated rings. The maximum absolute atomic E-state index is 12.2. The molecular weight excluding hydrogens is 406 g/mol. The van der Waals surface area contributed by atoms with Gasteiger partial charge in [-0.25, -0.2) is 4.79 Å². The quantitative estimate of drug-likeness (QED) is 0.705. The minimum Gasteiger partial charge on any atom is -0.341 e. The van der Waals surface area contributed by atoms with Crippen LogP contribution in [0, 0.1) is 0 Å². The standard InChI is InChI=1S/C21H24BrN3O2/c1-25(14-15-7-3-2-4-8-15)20(26)11-12-23-21(27)24-19-13-17(19)16-9-5-6-10-18(16)22/h2-10,17,19H,11-14H2,1H3,(H2,23,24,27). The van der Waals surface area contributed by atoms with E-state index in [9.17, 15) is 9.59 Å². The van der Waals surface area contributed by atoms with Gasteiger partial charge in [0, 0.05) is 43.0 Å². The molecule has 0 saturated heterocycles. The van der Waals surface area contributed by atoms with E-state index in [-0.39, 0.29) is 24.4 Å². The van der Waals surface area contributed by atoms with E-state index >= 15 is 0 Å². The van der Waals surface area contributed by atoms with Crippen LogP contribution in [0.5, 0.6) is 0 Å². The molecule has 3 rings (SSSR count). The van der Waals surface area contributed by atoms with Crippen molar-refractivity contribution >= 4 is 27.9 Å². The minimum atomic E-state index is -0.215. The number of benzene rings is 2. The third kappa shape index (κ3) is 5.57. The number of nitrogens with zero attached hydrogens (tertiary/aromatic N) is 1. The lowest BCUT2D eigenvalue weighted by Gasteiger charge is -2.17. The number of rotatable bonds is 7. The van der Waals surface area contributed by atoms with E-state index in [4.69, 9.17) is 0 Å². The molecule has 142 valence electrons. The molecule has 0 aromatic heterocycles. The molecule has 3 amide bonds. The van der Waals surface area contributed by atoms with Gasteiger partial charge >= 0.3 is 6.03 Å². The van der Waals surface area contributed by atoms with Crippen molar-refractivity contribution in [2.75, 3.05) is 13.6 Å². The van der Waals surface area contributed by atoms with Crippen molar-refractivity contribution < 1.29 is 9.59 Å². The van der Waals surface area contributed by atoms with Gasteiger partial charge in [-0.15, -0.1) is 0 Å². The maximum Gasteiger partial charge on any atom is 0.315 e. The topological polar surface area (TPSA) is 61.4 Å². The minimum absolute atomic E-state index is 0.0108. The molecule has 1 saturated carbocycles. The van der Waals surface area contributed by atoms with Crippen LogP contribution in [-0.4, -0.2) is 36.5 Å². The van der Waals surface area contributed by atoms with Gasteiger partial charge in [-0.05, 0) is 23.6 Å². The lowest BCUT2D eigenvalue weighted by Crippen LogP contribution is -2.39. The van der Waals surface area contributed by atoms with Gasteiger partial charge in [0.15, 0.2) is 0 Å². The molecule has 2 aromatic rings. The predicted molar refractivity (Wildman–Crippen MR) is 109 cm³/mol. The van der Waals surface area contributed by atoms with E-state index in [1.165, 1.54) is 5.56 Å². The summed E-state index contributed by atoms with van der Waals surface area (Å²) in [6, 6.07) is 17.9. The Morgan fingerprint density at radius 3 is 2.56 bits per heavy atom. The zero-order chi connectivity index (χ0) is 19.2. The number of hydrogen-bond acceptors (Lipinski definition) is 2. The largest absolute Gasteiger partial charge is 0.341 e. The molecular formula is C21H24BrN3O2. The van der Waals surface area contributed by atoms with Crippen LogP contribution < -0.4 is 10.6 Å². The highest BCUT2D eigenvalue weighted by atomic mass is 79.9. The average molecular weight is 430 g/mol. The number of carbonyl (C=O) groups excluding carboxylic acids is 2. The second-order valence-electron chi connectivity index (χ2n) is 6.86. The molecule has 2 N–H and O–H groups in total. The van der Waals surface area contributed by atoms with Gasteiger partial charge < -0.3 is 15.5 Å². The Hall–Kier alpha value is -2.34. The van der Waals surface area contributed by atoms with Crippen molar-refractivity contribution in [3.05, 3.63) is 70.2 Å². The van der Waals surface area contributed by atoms with Gasteiger partial charge in [-0.1, -0.05) is 64.5 Å². The normalized spacial score (nSPS) is 17.9. The van der Waals surface area contributed by atoms with Crippen LogP contribution in [0.25, 0.3) is 0 Å². The summed E-state index contributed by atoms with van der Waals surface area (Å²) >= 11 is 3.56. The van der Waals surface area contributed by atoms with Crippen molar-refractivity contribution in [2.24, 2.45) is 0 Å². The van der Waals surface area contributed by atoms with E-state index in [1.807, 2.05) is 48.5 Å². The second-order valence-corrected chi connectivity index (χ2v) is 7.71. The first-order chi connectivity index (χ1) is 13.0. The molecule has 1 aliphatic rings. The van der Waals surface area contributed by atoms with Gasteiger partial charge in [0.1, 0.15) is 0 Å². The summed E-state index contributed by atoms with van der Waals surface area (Å²) in [6.07, 6.45) is 1.23. The third-order valence-electron chi connectivity index (χ3n) is 4.72. The fraction of sp³-hybridized carbons (Fsp3) is 0.333. The van der Waals surface area contributed by atoms with E-state index < -0.39 is 0 Å². The lowest BCUT2D eigenvalue weighted by atomic mass is 10.1. The van der Waals surface area contributed by atoms with E-state index in [0.717, 1.165) is 16.5 Å². The third-order valence-corrected chi connectivity index (χ3v) is 5.45.